The summed E-state index contributed by atoms with van der Waals surface area (Å²) >= 11 is 0. The highest BCUT2D eigenvalue weighted by atomic mass is 16.5. The third-order valence-electron chi connectivity index (χ3n) is 3.62. The van der Waals surface area contributed by atoms with E-state index in [2.05, 4.69) is 55.9 Å². The summed E-state index contributed by atoms with van der Waals surface area (Å²) in [6, 6.07) is 6.39. The Morgan fingerprint density at radius 3 is 2.74 bits per heavy atom. The van der Waals surface area contributed by atoms with Gasteiger partial charge in [0.25, 0.3) is 0 Å². The van der Waals surface area contributed by atoms with Crippen LogP contribution in [0.4, 0.5) is 0 Å². The zero-order valence-electron chi connectivity index (χ0n) is 12.4. The zero-order valence-corrected chi connectivity index (χ0v) is 12.4. The molecule has 0 aliphatic heterocycles. The van der Waals surface area contributed by atoms with Gasteiger partial charge in [-0.1, -0.05) is 13.8 Å². The lowest BCUT2D eigenvalue weighted by Gasteiger charge is -2.06. The number of aryl methyl sites for hydroxylation is 1. The molecule has 1 aromatic heterocycles. The van der Waals surface area contributed by atoms with Crippen LogP contribution in [0.25, 0.3) is 10.9 Å². The predicted molar refractivity (Wildman–Crippen MR) is 80.8 cm³/mol. The highest BCUT2D eigenvalue weighted by Gasteiger charge is 2.12. The van der Waals surface area contributed by atoms with Gasteiger partial charge >= 0.3 is 0 Å². The van der Waals surface area contributed by atoms with E-state index in [4.69, 9.17) is 4.74 Å². The van der Waals surface area contributed by atoms with E-state index >= 15 is 0 Å². The first-order valence-electron chi connectivity index (χ1n) is 7.10. The van der Waals surface area contributed by atoms with Gasteiger partial charge in [0.15, 0.2) is 0 Å². The van der Waals surface area contributed by atoms with Crippen LogP contribution in [0.1, 0.15) is 31.5 Å². The normalized spacial score (nSPS) is 11.2. The van der Waals surface area contributed by atoms with E-state index < -0.39 is 0 Å². The monoisotopic (exact) mass is 260 g/mol. The molecule has 0 saturated carbocycles. The number of nitrogens with one attached hydrogen (secondary N) is 1. The lowest BCUT2D eigenvalue weighted by Crippen LogP contribution is -2.12. The molecule has 0 unspecified atom stereocenters. The minimum atomic E-state index is 0.778. The lowest BCUT2D eigenvalue weighted by atomic mass is 10.1. The molecule has 2 aromatic rings. The minimum Gasteiger partial charge on any atom is -0.494 e. The molecule has 3 heteroatoms. The van der Waals surface area contributed by atoms with Crippen LogP contribution >= 0.6 is 0 Å². The van der Waals surface area contributed by atoms with Crippen LogP contribution in [-0.2, 0) is 13.6 Å². The van der Waals surface area contributed by atoms with Crippen LogP contribution in [0, 0.1) is 6.92 Å². The van der Waals surface area contributed by atoms with Crippen molar-refractivity contribution in [3.05, 3.63) is 29.5 Å². The van der Waals surface area contributed by atoms with Crippen molar-refractivity contribution in [3.8, 4) is 5.75 Å². The molecule has 0 amide bonds. The Labute approximate surface area is 115 Å². The smallest absolute Gasteiger partial charge is 0.120 e. The Hall–Kier alpha value is -1.48. The van der Waals surface area contributed by atoms with Crippen molar-refractivity contribution in [2.45, 2.75) is 33.7 Å². The second-order valence-electron chi connectivity index (χ2n) is 4.93. The standard InChI is InChI=1S/C16H24N2O/c1-5-9-19-13-7-8-16-14(10-13)15(11-17-6-2)12(3)18(16)4/h7-8,10,17H,5-6,9,11H2,1-4H3. The van der Waals surface area contributed by atoms with Gasteiger partial charge < -0.3 is 14.6 Å². The largest absolute Gasteiger partial charge is 0.494 e. The average molecular weight is 260 g/mol. The summed E-state index contributed by atoms with van der Waals surface area (Å²) in [7, 11) is 2.12. The number of aromatic nitrogens is 1. The quantitative estimate of drug-likeness (QED) is 0.861. The van der Waals surface area contributed by atoms with Crippen molar-refractivity contribution in [2.75, 3.05) is 13.2 Å². The number of nitrogens with zero attached hydrogens (tertiary/aromatic N) is 1. The molecular formula is C16H24N2O. The van der Waals surface area contributed by atoms with Crippen molar-refractivity contribution in [3.63, 3.8) is 0 Å². The summed E-state index contributed by atoms with van der Waals surface area (Å²) < 4.78 is 8.00. The van der Waals surface area contributed by atoms with Crippen LogP contribution in [0.3, 0.4) is 0 Å². The number of benzene rings is 1. The summed E-state index contributed by atoms with van der Waals surface area (Å²) in [4.78, 5) is 0. The van der Waals surface area contributed by atoms with Gasteiger partial charge in [-0.05, 0) is 43.7 Å². The van der Waals surface area contributed by atoms with Crippen molar-refractivity contribution >= 4 is 10.9 Å². The summed E-state index contributed by atoms with van der Waals surface area (Å²) in [5, 5.41) is 4.72. The third-order valence-corrected chi connectivity index (χ3v) is 3.62. The maximum atomic E-state index is 5.74. The summed E-state index contributed by atoms with van der Waals surface area (Å²) in [5.41, 5.74) is 3.97. The minimum absolute atomic E-state index is 0.778. The van der Waals surface area contributed by atoms with E-state index in [1.807, 2.05) is 0 Å². The van der Waals surface area contributed by atoms with E-state index in [9.17, 15) is 0 Å². The molecule has 0 saturated heterocycles. The highest BCUT2D eigenvalue weighted by molar-refractivity contribution is 5.86. The average Bonchev–Trinajstić information content (AvgIpc) is 2.66. The van der Waals surface area contributed by atoms with Crippen LogP contribution < -0.4 is 10.1 Å². The fraction of sp³-hybridized carbons (Fsp3) is 0.500. The van der Waals surface area contributed by atoms with E-state index in [1.165, 1.54) is 22.2 Å². The van der Waals surface area contributed by atoms with Gasteiger partial charge in [0, 0.05) is 30.2 Å². The molecule has 0 bridgehead atoms. The van der Waals surface area contributed by atoms with Gasteiger partial charge in [-0.2, -0.15) is 0 Å². The molecule has 104 valence electrons. The highest BCUT2D eigenvalue weighted by Crippen LogP contribution is 2.28. The van der Waals surface area contributed by atoms with E-state index in [0.29, 0.717) is 0 Å². The third kappa shape index (κ3) is 2.76. The molecule has 0 aliphatic rings. The summed E-state index contributed by atoms with van der Waals surface area (Å²) in [5.74, 6) is 0.970. The fourth-order valence-corrected chi connectivity index (χ4v) is 2.41. The fourth-order valence-electron chi connectivity index (χ4n) is 2.41. The van der Waals surface area contributed by atoms with Gasteiger partial charge in [-0.15, -0.1) is 0 Å². The Bertz CT molecular complexity index is 557. The Balaban J connectivity index is 2.43. The van der Waals surface area contributed by atoms with E-state index in [0.717, 1.165) is 31.9 Å². The molecule has 3 nitrogen and oxygen atoms in total. The molecule has 0 atom stereocenters. The first kappa shape index (κ1) is 13.9. The Morgan fingerprint density at radius 1 is 1.26 bits per heavy atom. The van der Waals surface area contributed by atoms with Crippen LogP contribution in [0.15, 0.2) is 18.2 Å². The SMILES string of the molecule is CCCOc1ccc2c(c1)c(CNCC)c(C)n2C. The number of hydrogen-bond donors (Lipinski definition) is 1. The lowest BCUT2D eigenvalue weighted by molar-refractivity contribution is 0.318. The van der Waals surface area contributed by atoms with Crippen LogP contribution in [0.5, 0.6) is 5.75 Å². The Morgan fingerprint density at radius 2 is 2.05 bits per heavy atom. The van der Waals surface area contributed by atoms with Gasteiger partial charge in [-0.3, -0.25) is 0 Å². The molecule has 1 N–H and O–H groups in total. The molecule has 0 spiro atoms. The van der Waals surface area contributed by atoms with Gasteiger partial charge in [0.2, 0.25) is 0 Å². The molecule has 1 heterocycles. The number of hydrogen-bond acceptors (Lipinski definition) is 2. The first-order valence-corrected chi connectivity index (χ1v) is 7.10. The van der Waals surface area contributed by atoms with Crippen molar-refractivity contribution in [2.24, 2.45) is 7.05 Å². The Kier molecular flexibility index (Phi) is 4.48. The molecule has 0 aliphatic carbocycles. The number of ether oxygens (including phenoxy) is 1. The molecular weight excluding hydrogens is 236 g/mol. The topological polar surface area (TPSA) is 26.2 Å². The van der Waals surface area contributed by atoms with Gasteiger partial charge in [0.05, 0.1) is 6.61 Å². The maximum Gasteiger partial charge on any atom is 0.120 e. The van der Waals surface area contributed by atoms with Gasteiger partial charge in [0.1, 0.15) is 5.75 Å². The molecule has 0 radical (unpaired) electrons. The van der Waals surface area contributed by atoms with E-state index in [-0.39, 0.29) is 0 Å². The number of fused-ring (bicyclic) bond motifs is 1. The van der Waals surface area contributed by atoms with Crippen molar-refractivity contribution in [1.82, 2.24) is 9.88 Å². The maximum absolute atomic E-state index is 5.74. The van der Waals surface area contributed by atoms with Crippen LogP contribution in [-0.4, -0.2) is 17.7 Å². The predicted octanol–water partition coefficient (Wildman–Crippen LogP) is 3.39. The molecule has 0 fully saturated rings. The molecule has 2 rings (SSSR count). The molecule has 19 heavy (non-hydrogen) atoms. The van der Waals surface area contributed by atoms with Crippen molar-refractivity contribution in [1.29, 1.82) is 0 Å². The second kappa shape index (κ2) is 6.11. The van der Waals surface area contributed by atoms with Gasteiger partial charge in [-0.25, -0.2) is 0 Å². The van der Waals surface area contributed by atoms with Crippen molar-refractivity contribution < 1.29 is 4.74 Å². The zero-order chi connectivity index (χ0) is 13.8. The van der Waals surface area contributed by atoms with Crippen LogP contribution in [0.2, 0.25) is 0 Å². The summed E-state index contributed by atoms with van der Waals surface area (Å²) in [6.45, 7) is 9.12. The summed E-state index contributed by atoms with van der Waals surface area (Å²) in [6.07, 6.45) is 1.04. The van der Waals surface area contributed by atoms with E-state index in [1.54, 1.807) is 0 Å². The molecule has 1 aromatic carbocycles. The second-order valence-corrected chi connectivity index (χ2v) is 4.93. The number of rotatable bonds is 6. The first-order chi connectivity index (χ1) is 9.19.